The Kier molecular flexibility index (Phi) is 5.93. The van der Waals surface area contributed by atoms with Crippen molar-refractivity contribution in [1.29, 1.82) is 0 Å². The highest BCUT2D eigenvalue weighted by molar-refractivity contribution is 7.92. The van der Waals surface area contributed by atoms with Crippen LogP contribution in [-0.2, 0) is 14.8 Å². The van der Waals surface area contributed by atoms with Crippen molar-refractivity contribution in [1.82, 2.24) is 9.97 Å². The van der Waals surface area contributed by atoms with E-state index in [2.05, 4.69) is 14.7 Å². The van der Waals surface area contributed by atoms with Crippen molar-refractivity contribution in [3.63, 3.8) is 0 Å². The molecule has 8 nitrogen and oxygen atoms in total. The van der Waals surface area contributed by atoms with Gasteiger partial charge in [0.2, 0.25) is 0 Å². The summed E-state index contributed by atoms with van der Waals surface area (Å²) in [6.07, 6.45) is 1.79. The molecule has 0 aliphatic carbocycles. The summed E-state index contributed by atoms with van der Waals surface area (Å²) < 4.78 is 27.8. The van der Waals surface area contributed by atoms with Crippen LogP contribution in [0, 0.1) is 6.92 Å². The van der Waals surface area contributed by atoms with Gasteiger partial charge in [-0.2, -0.15) is 0 Å². The minimum atomic E-state index is -3.68. The first-order valence-corrected chi connectivity index (χ1v) is 10.6. The molecule has 0 radical (unpaired) electrons. The number of benzene rings is 2. The van der Waals surface area contributed by atoms with Crippen molar-refractivity contribution >= 4 is 43.5 Å². The molecule has 30 heavy (non-hydrogen) atoms. The maximum atomic E-state index is 12.6. The van der Waals surface area contributed by atoms with Gasteiger partial charge in [0.05, 0.1) is 4.90 Å². The number of H-pyrrole nitrogens is 2. The van der Waals surface area contributed by atoms with Gasteiger partial charge in [-0.3, -0.25) is 9.52 Å². The molecular formula is C21H20N3O5S-. The van der Waals surface area contributed by atoms with Crippen molar-refractivity contribution in [3.05, 3.63) is 70.6 Å². The third-order valence-corrected chi connectivity index (χ3v) is 5.75. The van der Waals surface area contributed by atoms with Gasteiger partial charge in [0.1, 0.15) is 5.52 Å². The Bertz CT molecular complexity index is 1390. The molecule has 0 aliphatic heterocycles. The summed E-state index contributed by atoms with van der Waals surface area (Å²) in [7, 11) is -3.68. The average Bonchev–Trinajstić information content (AvgIpc) is 3.20. The normalized spacial score (nSPS) is 11.1. The topological polar surface area (TPSA) is 135 Å². The smallest absolute Gasteiger partial charge is 0.272 e. The van der Waals surface area contributed by atoms with Crippen LogP contribution in [0.1, 0.15) is 18.9 Å². The van der Waals surface area contributed by atoms with Crippen LogP contribution in [0.4, 0.5) is 5.69 Å². The first-order valence-electron chi connectivity index (χ1n) is 9.13. The van der Waals surface area contributed by atoms with E-state index in [0.717, 1.165) is 16.3 Å². The van der Waals surface area contributed by atoms with Crippen LogP contribution in [0.5, 0.6) is 0 Å². The average molecular weight is 426 g/mol. The lowest BCUT2D eigenvalue weighted by atomic mass is 10.1. The van der Waals surface area contributed by atoms with E-state index in [1.165, 1.54) is 6.92 Å². The van der Waals surface area contributed by atoms with Gasteiger partial charge in [-0.05, 0) is 55.3 Å². The molecule has 9 heteroatoms. The number of carbonyl (C=O) groups excluding carboxylic acids is 1. The van der Waals surface area contributed by atoms with E-state index in [1.807, 2.05) is 13.0 Å². The standard InChI is InChI=1S/C18H15N3O3S.C3H6O2/c1-11-3-2-4-13(9-11)25(23,24)21-12-5-6-16-15(10-12)14-7-8-19-17(14)18(22)20-16;1-2-3(4)5/h2-10,19,21H,1H3,(H,20,22);2H2,1H3,(H,4,5)/p-1. The number of aromatic amines is 2. The number of carboxylic acids is 1. The molecule has 0 saturated heterocycles. The Balaban J connectivity index is 0.000000461. The van der Waals surface area contributed by atoms with Gasteiger partial charge in [0, 0.05) is 34.1 Å². The van der Waals surface area contributed by atoms with Gasteiger partial charge in [-0.25, -0.2) is 8.42 Å². The molecule has 2 aromatic heterocycles. The molecule has 2 heterocycles. The van der Waals surface area contributed by atoms with E-state index in [1.54, 1.807) is 48.7 Å². The maximum Gasteiger partial charge on any atom is 0.272 e. The summed E-state index contributed by atoms with van der Waals surface area (Å²) in [6.45, 7) is 3.38. The molecule has 4 rings (SSSR count). The lowest BCUT2D eigenvalue weighted by molar-refractivity contribution is -0.305. The summed E-state index contributed by atoms with van der Waals surface area (Å²) in [4.78, 5) is 27.1. The molecule has 0 fully saturated rings. The predicted molar refractivity (Wildman–Crippen MR) is 114 cm³/mol. The molecule has 0 saturated carbocycles. The Labute approximate surface area is 172 Å². The third kappa shape index (κ3) is 4.52. The first-order chi connectivity index (χ1) is 14.2. The molecule has 0 atom stereocenters. The van der Waals surface area contributed by atoms with Gasteiger partial charge in [0.15, 0.2) is 0 Å². The van der Waals surface area contributed by atoms with Crippen LogP contribution in [0.2, 0.25) is 0 Å². The third-order valence-electron chi connectivity index (χ3n) is 4.37. The van der Waals surface area contributed by atoms with Crippen LogP contribution >= 0.6 is 0 Å². The fourth-order valence-electron chi connectivity index (χ4n) is 2.90. The fourth-order valence-corrected chi connectivity index (χ4v) is 4.06. The monoisotopic (exact) mass is 426 g/mol. The minimum absolute atomic E-state index is 0.111. The summed E-state index contributed by atoms with van der Waals surface area (Å²) in [5, 5.41) is 10.8. The Hall–Kier alpha value is -3.59. The zero-order chi connectivity index (χ0) is 21.9. The summed E-state index contributed by atoms with van der Waals surface area (Å²) in [5.41, 5.74) is 2.21. The Morgan fingerprint density at radius 3 is 2.50 bits per heavy atom. The van der Waals surface area contributed by atoms with E-state index < -0.39 is 16.0 Å². The van der Waals surface area contributed by atoms with Crippen molar-refractivity contribution in [3.8, 4) is 0 Å². The molecule has 0 bridgehead atoms. The number of aryl methyl sites for hydroxylation is 1. The number of rotatable bonds is 4. The minimum Gasteiger partial charge on any atom is -0.550 e. The number of carbonyl (C=O) groups is 1. The lowest BCUT2D eigenvalue weighted by Crippen LogP contribution is -2.19. The summed E-state index contributed by atoms with van der Waals surface area (Å²) in [6, 6.07) is 13.6. The van der Waals surface area contributed by atoms with E-state index in [4.69, 9.17) is 0 Å². The van der Waals surface area contributed by atoms with Crippen molar-refractivity contribution in [2.24, 2.45) is 0 Å². The lowest BCUT2D eigenvalue weighted by Gasteiger charge is -2.10. The largest absolute Gasteiger partial charge is 0.550 e. The number of hydrogen-bond acceptors (Lipinski definition) is 5. The van der Waals surface area contributed by atoms with E-state index in [-0.39, 0.29) is 16.9 Å². The van der Waals surface area contributed by atoms with Crippen LogP contribution in [-0.4, -0.2) is 24.4 Å². The van der Waals surface area contributed by atoms with E-state index in [0.29, 0.717) is 16.7 Å². The van der Waals surface area contributed by atoms with Gasteiger partial charge in [-0.15, -0.1) is 0 Å². The Morgan fingerprint density at radius 1 is 1.10 bits per heavy atom. The number of pyridine rings is 1. The molecule has 3 N–H and O–H groups in total. The number of fused-ring (bicyclic) bond motifs is 3. The van der Waals surface area contributed by atoms with E-state index >= 15 is 0 Å². The molecular weight excluding hydrogens is 406 g/mol. The van der Waals surface area contributed by atoms with E-state index in [9.17, 15) is 23.1 Å². The van der Waals surface area contributed by atoms with Crippen LogP contribution in [0.25, 0.3) is 21.8 Å². The van der Waals surface area contributed by atoms with Crippen molar-refractivity contribution < 1.29 is 18.3 Å². The number of carboxylic acid groups (broad SMARTS) is 1. The van der Waals surface area contributed by atoms with Gasteiger partial charge < -0.3 is 19.9 Å². The number of aromatic nitrogens is 2. The number of hydrogen-bond donors (Lipinski definition) is 3. The highest BCUT2D eigenvalue weighted by Gasteiger charge is 2.15. The summed E-state index contributed by atoms with van der Waals surface area (Å²) in [5.74, 6) is -0.995. The number of nitrogens with one attached hydrogen (secondary N) is 3. The van der Waals surface area contributed by atoms with Gasteiger partial charge in [0.25, 0.3) is 15.6 Å². The summed E-state index contributed by atoms with van der Waals surface area (Å²) >= 11 is 0. The zero-order valence-corrected chi connectivity index (χ0v) is 17.2. The van der Waals surface area contributed by atoms with Crippen molar-refractivity contribution in [2.45, 2.75) is 25.2 Å². The second kappa shape index (κ2) is 8.42. The Morgan fingerprint density at radius 2 is 1.83 bits per heavy atom. The van der Waals surface area contributed by atoms with Crippen LogP contribution in [0.3, 0.4) is 0 Å². The second-order valence-corrected chi connectivity index (χ2v) is 8.31. The molecule has 0 amide bonds. The van der Waals surface area contributed by atoms with Crippen LogP contribution < -0.4 is 15.4 Å². The predicted octanol–water partition coefficient (Wildman–Crippen LogP) is 2.26. The molecule has 0 aliphatic rings. The second-order valence-electron chi connectivity index (χ2n) is 6.63. The SMILES string of the molecule is CCC(=O)[O-].Cc1cccc(S(=O)(=O)Nc2ccc3[nH]c(=O)c4[nH]ccc4c3c2)c1. The highest BCUT2D eigenvalue weighted by atomic mass is 32.2. The zero-order valence-electron chi connectivity index (χ0n) is 16.4. The number of sulfonamides is 1. The molecule has 0 spiro atoms. The highest BCUT2D eigenvalue weighted by Crippen LogP contribution is 2.25. The van der Waals surface area contributed by atoms with Crippen LogP contribution in [0.15, 0.2) is 64.4 Å². The first kappa shape index (κ1) is 21.1. The van der Waals surface area contributed by atoms with Gasteiger partial charge >= 0.3 is 0 Å². The quantitative estimate of drug-likeness (QED) is 0.460. The number of anilines is 1. The molecule has 2 aromatic carbocycles. The molecule has 0 unspecified atom stereocenters. The van der Waals surface area contributed by atoms with Crippen molar-refractivity contribution in [2.75, 3.05) is 4.72 Å². The maximum absolute atomic E-state index is 12.6. The number of aliphatic carboxylic acids is 1. The molecule has 156 valence electrons. The van der Waals surface area contributed by atoms with Gasteiger partial charge in [-0.1, -0.05) is 19.1 Å². The molecule has 4 aromatic rings. The fraction of sp³-hybridized carbons (Fsp3) is 0.143.